The Bertz CT molecular complexity index is 2190. The molecule has 208 valence electrons. The maximum atomic E-state index is 5.35. The van der Waals surface area contributed by atoms with E-state index in [9.17, 15) is 0 Å². The second-order valence-electron chi connectivity index (χ2n) is 12.2. The molecule has 0 saturated heterocycles. The molecule has 0 amide bonds. The summed E-state index contributed by atoms with van der Waals surface area (Å²) in [7, 11) is 0. The largest absolute Gasteiger partial charge is 0.294 e. The summed E-state index contributed by atoms with van der Waals surface area (Å²) in [5, 5.41) is 2.46. The van der Waals surface area contributed by atoms with Crippen LogP contribution in [0.1, 0.15) is 25.0 Å². The van der Waals surface area contributed by atoms with Gasteiger partial charge < -0.3 is 0 Å². The summed E-state index contributed by atoms with van der Waals surface area (Å²) >= 11 is 0. The van der Waals surface area contributed by atoms with Crippen LogP contribution in [0.25, 0.3) is 55.4 Å². The number of hydrogen-bond donors (Lipinski definition) is 0. The van der Waals surface area contributed by atoms with Gasteiger partial charge in [0.15, 0.2) is 0 Å². The first-order valence-electron chi connectivity index (χ1n) is 15.0. The molecular formula is C40H28N4. The fourth-order valence-electron chi connectivity index (χ4n) is 7.24. The molecular weight excluding hydrogens is 536 g/mol. The van der Waals surface area contributed by atoms with Gasteiger partial charge in [-0.15, -0.1) is 0 Å². The second-order valence-corrected chi connectivity index (χ2v) is 12.2. The van der Waals surface area contributed by atoms with Crippen LogP contribution in [0.4, 0.5) is 17.2 Å². The van der Waals surface area contributed by atoms with Crippen molar-refractivity contribution in [3.63, 3.8) is 0 Å². The van der Waals surface area contributed by atoms with E-state index in [1.807, 2.05) is 30.7 Å². The van der Waals surface area contributed by atoms with E-state index in [2.05, 4.69) is 126 Å². The molecule has 1 aliphatic heterocycles. The molecule has 1 aliphatic carbocycles. The molecule has 44 heavy (non-hydrogen) atoms. The molecule has 7 aromatic rings. The highest BCUT2D eigenvalue weighted by Gasteiger charge is 2.38. The summed E-state index contributed by atoms with van der Waals surface area (Å²) in [4.78, 5) is 16.6. The molecule has 0 radical (unpaired) electrons. The van der Waals surface area contributed by atoms with Gasteiger partial charge in [-0.1, -0.05) is 74.5 Å². The molecule has 9 rings (SSSR count). The van der Waals surface area contributed by atoms with Gasteiger partial charge in [0.1, 0.15) is 5.82 Å². The van der Waals surface area contributed by atoms with E-state index in [1.54, 1.807) is 6.20 Å². The van der Waals surface area contributed by atoms with E-state index in [-0.39, 0.29) is 5.41 Å². The minimum absolute atomic E-state index is 0.124. The molecule has 0 spiro atoms. The van der Waals surface area contributed by atoms with Gasteiger partial charge in [0, 0.05) is 52.3 Å². The first kappa shape index (κ1) is 24.9. The molecule has 0 unspecified atom stereocenters. The average molecular weight is 565 g/mol. The highest BCUT2D eigenvalue weighted by molar-refractivity contribution is 6.14. The van der Waals surface area contributed by atoms with Crippen molar-refractivity contribution in [1.29, 1.82) is 0 Å². The van der Waals surface area contributed by atoms with Gasteiger partial charge in [0.2, 0.25) is 0 Å². The number of hydrogen-bond acceptors (Lipinski definition) is 4. The Labute approximate surface area is 256 Å². The molecule has 4 heterocycles. The number of benzene rings is 4. The number of nitrogens with zero attached hydrogens (tertiary/aromatic N) is 4. The van der Waals surface area contributed by atoms with Gasteiger partial charge >= 0.3 is 0 Å². The van der Waals surface area contributed by atoms with Crippen LogP contribution in [0, 0.1) is 0 Å². The van der Waals surface area contributed by atoms with E-state index in [1.165, 1.54) is 44.2 Å². The van der Waals surface area contributed by atoms with Crippen molar-refractivity contribution in [3.05, 3.63) is 145 Å². The molecule has 4 heteroatoms. The standard InChI is InChI=1S/C40H28N4/c1-40(2)33-15-4-3-13-29(33)31-21-32-30-14-5-9-25-10-6-16-36(39(25)30)44(37(32)22-34(31)40)38-20-28(26-11-7-17-41-23-26)19-35(43-38)27-12-8-18-42-24-27/h3-24H,1-2H3. The number of aromatic nitrogens is 3. The predicted octanol–water partition coefficient (Wildman–Crippen LogP) is 10.1. The molecule has 0 saturated carbocycles. The van der Waals surface area contributed by atoms with Crippen LogP contribution in [-0.2, 0) is 5.41 Å². The Morgan fingerprint density at radius 2 is 1.30 bits per heavy atom. The van der Waals surface area contributed by atoms with Crippen LogP contribution in [0.15, 0.2) is 134 Å². The fraction of sp³-hybridized carbons (Fsp3) is 0.0750. The number of fused-ring (bicyclic) bond motifs is 5. The van der Waals surface area contributed by atoms with Gasteiger partial charge in [-0.25, -0.2) is 4.98 Å². The lowest BCUT2D eigenvalue weighted by Gasteiger charge is -2.34. The van der Waals surface area contributed by atoms with Gasteiger partial charge in [-0.05, 0) is 87.3 Å². The van der Waals surface area contributed by atoms with Gasteiger partial charge in [0.25, 0.3) is 0 Å². The van der Waals surface area contributed by atoms with Crippen molar-refractivity contribution in [2.75, 3.05) is 4.90 Å². The van der Waals surface area contributed by atoms with Gasteiger partial charge in [-0.2, -0.15) is 0 Å². The fourth-order valence-corrected chi connectivity index (χ4v) is 7.24. The Hall–Kier alpha value is -5.61. The van der Waals surface area contributed by atoms with E-state index in [0.29, 0.717) is 0 Å². The molecule has 0 atom stereocenters. The van der Waals surface area contributed by atoms with E-state index in [0.717, 1.165) is 39.6 Å². The highest BCUT2D eigenvalue weighted by Crippen LogP contribution is 2.57. The van der Waals surface area contributed by atoms with E-state index in [4.69, 9.17) is 4.98 Å². The zero-order valence-electron chi connectivity index (χ0n) is 24.5. The summed E-state index contributed by atoms with van der Waals surface area (Å²) < 4.78 is 0. The van der Waals surface area contributed by atoms with Gasteiger partial charge in [-0.3, -0.25) is 14.9 Å². The summed E-state index contributed by atoms with van der Waals surface area (Å²) in [5.41, 5.74) is 13.9. The third-order valence-corrected chi connectivity index (χ3v) is 9.35. The van der Waals surface area contributed by atoms with Crippen LogP contribution < -0.4 is 4.90 Å². The first-order chi connectivity index (χ1) is 21.6. The zero-order chi connectivity index (χ0) is 29.4. The second kappa shape index (κ2) is 9.19. The van der Waals surface area contributed by atoms with E-state index >= 15 is 0 Å². The minimum Gasteiger partial charge on any atom is -0.294 e. The van der Waals surface area contributed by atoms with Crippen molar-refractivity contribution >= 4 is 28.0 Å². The Balaban J connectivity index is 1.37. The van der Waals surface area contributed by atoms with Gasteiger partial charge in [0.05, 0.1) is 17.1 Å². The smallest absolute Gasteiger partial charge is 0.138 e. The van der Waals surface area contributed by atoms with Crippen molar-refractivity contribution in [2.45, 2.75) is 19.3 Å². The lowest BCUT2D eigenvalue weighted by Crippen LogP contribution is -2.19. The van der Waals surface area contributed by atoms with Crippen LogP contribution in [-0.4, -0.2) is 15.0 Å². The number of anilines is 3. The van der Waals surface area contributed by atoms with Crippen LogP contribution >= 0.6 is 0 Å². The van der Waals surface area contributed by atoms with Crippen molar-refractivity contribution in [1.82, 2.24) is 15.0 Å². The molecule has 4 aromatic carbocycles. The van der Waals surface area contributed by atoms with Crippen molar-refractivity contribution < 1.29 is 0 Å². The third-order valence-electron chi connectivity index (χ3n) is 9.35. The maximum Gasteiger partial charge on any atom is 0.138 e. The average Bonchev–Trinajstić information content (AvgIpc) is 3.30. The lowest BCUT2D eigenvalue weighted by molar-refractivity contribution is 0.660. The Kier molecular flexibility index (Phi) is 5.21. The predicted molar refractivity (Wildman–Crippen MR) is 179 cm³/mol. The number of pyridine rings is 3. The highest BCUT2D eigenvalue weighted by atomic mass is 15.2. The van der Waals surface area contributed by atoms with Crippen molar-refractivity contribution in [2.24, 2.45) is 0 Å². The lowest BCUT2D eigenvalue weighted by atomic mass is 9.81. The van der Waals surface area contributed by atoms with Crippen LogP contribution in [0.2, 0.25) is 0 Å². The Morgan fingerprint density at radius 1 is 0.545 bits per heavy atom. The van der Waals surface area contributed by atoms with Crippen LogP contribution in [0.5, 0.6) is 0 Å². The summed E-state index contributed by atoms with van der Waals surface area (Å²) in [5.74, 6) is 0.863. The first-order valence-corrected chi connectivity index (χ1v) is 15.0. The Morgan fingerprint density at radius 3 is 2.09 bits per heavy atom. The molecule has 0 fully saturated rings. The molecule has 2 aliphatic rings. The van der Waals surface area contributed by atoms with Crippen molar-refractivity contribution in [3.8, 4) is 44.6 Å². The molecule has 3 aromatic heterocycles. The van der Waals surface area contributed by atoms with E-state index < -0.39 is 0 Å². The minimum atomic E-state index is -0.124. The monoisotopic (exact) mass is 564 g/mol. The molecule has 0 bridgehead atoms. The maximum absolute atomic E-state index is 5.35. The summed E-state index contributed by atoms with van der Waals surface area (Å²) in [6, 6.07) is 39.4. The zero-order valence-corrected chi connectivity index (χ0v) is 24.5. The summed E-state index contributed by atoms with van der Waals surface area (Å²) in [6.45, 7) is 4.68. The summed E-state index contributed by atoms with van der Waals surface area (Å²) in [6.07, 6.45) is 7.41. The topological polar surface area (TPSA) is 41.9 Å². The van der Waals surface area contributed by atoms with Crippen LogP contribution in [0.3, 0.4) is 0 Å². The molecule has 0 N–H and O–H groups in total. The SMILES string of the molecule is CC1(C)c2ccccc2-c2cc3c(cc21)N(c1cc(-c2cccnc2)cc(-c2cccnc2)n1)c1cccc2cccc-3c12. The quantitative estimate of drug-likeness (QED) is 0.214. The molecule has 4 nitrogen and oxygen atoms in total. The third kappa shape index (κ3) is 3.54. The number of rotatable bonds is 3. The normalized spacial score (nSPS) is 13.8.